The van der Waals surface area contributed by atoms with Gasteiger partial charge in [0.1, 0.15) is 11.5 Å². The molecule has 9 nitrogen and oxygen atoms in total. The van der Waals surface area contributed by atoms with Crippen LogP contribution in [0, 0.1) is 10.1 Å². The highest BCUT2D eigenvalue weighted by Crippen LogP contribution is 2.33. The van der Waals surface area contributed by atoms with Gasteiger partial charge in [-0.3, -0.25) is 19.5 Å². The van der Waals surface area contributed by atoms with Crippen molar-refractivity contribution >= 4 is 45.0 Å². The van der Waals surface area contributed by atoms with E-state index in [1.165, 1.54) is 35.1 Å². The van der Waals surface area contributed by atoms with Gasteiger partial charge in [-0.2, -0.15) is 0 Å². The lowest BCUT2D eigenvalue weighted by atomic mass is 9.95. The number of benzene rings is 2. The van der Waals surface area contributed by atoms with Crippen LogP contribution in [0.5, 0.6) is 0 Å². The number of hydrogen-bond donors (Lipinski definition) is 0. The van der Waals surface area contributed by atoms with E-state index >= 15 is 0 Å². The fourth-order valence-electron chi connectivity index (χ4n) is 4.34. The first kappa shape index (κ1) is 25.6. The Labute approximate surface area is 228 Å². The van der Waals surface area contributed by atoms with Crippen LogP contribution in [-0.2, 0) is 9.53 Å². The predicted molar refractivity (Wildman–Crippen MR) is 145 cm³/mol. The van der Waals surface area contributed by atoms with Gasteiger partial charge in [0.15, 0.2) is 4.80 Å². The minimum atomic E-state index is -0.680. The number of thiazole rings is 1. The van der Waals surface area contributed by atoms with Crippen LogP contribution in [0.15, 0.2) is 90.6 Å². The number of fused-ring (bicyclic) bond motifs is 1. The van der Waals surface area contributed by atoms with E-state index < -0.39 is 16.9 Å². The van der Waals surface area contributed by atoms with Crippen LogP contribution in [0.25, 0.3) is 17.4 Å². The molecule has 11 heteroatoms. The third-order valence-corrected chi connectivity index (χ3v) is 7.73. The lowest BCUT2D eigenvalue weighted by Gasteiger charge is -2.25. The minimum absolute atomic E-state index is 0.0424. The molecule has 0 amide bonds. The SMILES string of the molecule is CCC1=C(C(=O)OC)[C@@H](c2ccccc2)n2c(s/c(=C/c3ccc(-c4ccc([N+](=O)[O-])cc4Br)o3)c2=O)=N1. The molecule has 192 valence electrons. The molecule has 3 heterocycles. The van der Waals surface area contributed by atoms with Gasteiger partial charge < -0.3 is 9.15 Å². The number of nitro benzene ring substituents is 1. The number of methoxy groups -OCH3 is 1. The molecule has 0 saturated carbocycles. The maximum atomic E-state index is 13.7. The van der Waals surface area contributed by atoms with Gasteiger partial charge >= 0.3 is 5.97 Å². The number of aromatic nitrogens is 1. The molecular formula is C27H20BrN3O6S. The summed E-state index contributed by atoms with van der Waals surface area (Å²) in [6.07, 6.45) is 2.12. The molecule has 0 bridgehead atoms. The maximum Gasteiger partial charge on any atom is 0.338 e. The number of furan rings is 1. The van der Waals surface area contributed by atoms with Crippen LogP contribution < -0.4 is 14.9 Å². The van der Waals surface area contributed by atoms with E-state index in [4.69, 9.17) is 9.15 Å². The summed E-state index contributed by atoms with van der Waals surface area (Å²) in [6.45, 7) is 1.90. The highest BCUT2D eigenvalue weighted by atomic mass is 79.9. The van der Waals surface area contributed by atoms with E-state index in [2.05, 4.69) is 20.9 Å². The lowest BCUT2D eigenvalue weighted by Crippen LogP contribution is -2.40. The lowest BCUT2D eigenvalue weighted by molar-refractivity contribution is -0.384. The molecule has 0 aliphatic carbocycles. The molecule has 1 atom stereocenters. The molecule has 5 rings (SSSR count). The van der Waals surface area contributed by atoms with E-state index in [1.807, 2.05) is 37.3 Å². The first-order chi connectivity index (χ1) is 18.3. The van der Waals surface area contributed by atoms with Gasteiger partial charge in [0, 0.05) is 28.2 Å². The number of carbonyl (C=O) groups is 1. The summed E-state index contributed by atoms with van der Waals surface area (Å²) in [7, 11) is 1.31. The molecule has 0 unspecified atom stereocenters. The predicted octanol–water partition coefficient (Wildman–Crippen LogP) is 4.73. The van der Waals surface area contributed by atoms with E-state index in [9.17, 15) is 19.7 Å². The molecule has 1 aliphatic heterocycles. The molecule has 0 radical (unpaired) electrons. The van der Waals surface area contributed by atoms with Gasteiger partial charge in [-0.1, -0.05) is 48.6 Å². The average molecular weight is 594 g/mol. The Kier molecular flexibility index (Phi) is 6.96. The van der Waals surface area contributed by atoms with Gasteiger partial charge in [0.05, 0.1) is 33.9 Å². The summed E-state index contributed by atoms with van der Waals surface area (Å²) < 4.78 is 13.5. The number of esters is 1. The Morgan fingerprint density at radius 2 is 2.00 bits per heavy atom. The van der Waals surface area contributed by atoms with Crippen molar-refractivity contribution in [1.82, 2.24) is 4.57 Å². The van der Waals surface area contributed by atoms with Gasteiger partial charge in [-0.15, -0.1) is 0 Å². The summed E-state index contributed by atoms with van der Waals surface area (Å²) in [5.41, 5.74) is 1.96. The second kappa shape index (κ2) is 10.3. The standard InChI is InChI=1S/C27H20BrN3O6S/c1-3-20-23(26(33)36-2)24(15-7-5-4-6-8-15)30-25(32)22(38-27(30)29-20)14-17-10-12-21(37-17)18-11-9-16(31(34)35)13-19(18)28/h4-14,24H,3H2,1-2H3/b22-14+/t24-/m1/s1. The van der Waals surface area contributed by atoms with Crippen LogP contribution in [0.3, 0.4) is 0 Å². The van der Waals surface area contributed by atoms with Crippen molar-refractivity contribution < 1.29 is 18.9 Å². The zero-order chi connectivity index (χ0) is 27.0. The van der Waals surface area contributed by atoms with E-state index in [1.54, 1.807) is 24.3 Å². The molecule has 38 heavy (non-hydrogen) atoms. The van der Waals surface area contributed by atoms with Crippen molar-refractivity contribution in [2.45, 2.75) is 19.4 Å². The smallest absolute Gasteiger partial charge is 0.338 e. The van der Waals surface area contributed by atoms with E-state index in [0.717, 1.165) is 5.56 Å². The monoisotopic (exact) mass is 593 g/mol. The Bertz CT molecular complexity index is 1780. The quantitative estimate of drug-likeness (QED) is 0.181. The third-order valence-electron chi connectivity index (χ3n) is 6.09. The summed E-state index contributed by atoms with van der Waals surface area (Å²) in [4.78, 5) is 42.2. The van der Waals surface area contributed by atoms with Gasteiger partial charge in [-0.05, 0) is 46.1 Å². The van der Waals surface area contributed by atoms with Crippen molar-refractivity contribution in [1.29, 1.82) is 0 Å². The normalized spacial score (nSPS) is 15.2. The number of nitrogens with zero attached hydrogens (tertiary/aromatic N) is 3. The van der Waals surface area contributed by atoms with Crippen LogP contribution >= 0.6 is 27.3 Å². The summed E-state index contributed by atoms with van der Waals surface area (Å²) >= 11 is 4.57. The molecule has 4 aromatic rings. The summed E-state index contributed by atoms with van der Waals surface area (Å²) in [5.74, 6) is 0.377. The van der Waals surface area contributed by atoms with Crippen molar-refractivity contribution in [3.05, 3.63) is 118 Å². The van der Waals surface area contributed by atoms with Gasteiger partial charge in [0.25, 0.3) is 11.2 Å². The summed E-state index contributed by atoms with van der Waals surface area (Å²) in [5, 5.41) is 11.0. The van der Waals surface area contributed by atoms with Gasteiger partial charge in [-0.25, -0.2) is 9.79 Å². The molecule has 1 aliphatic rings. The number of halogens is 1. The average Bonchev–Trinajstić information content (AvgIpc) is 3.51. The Hall–Kier alpha value is -4.09. The molecule has 2 aromatic heterocycles. The topological polar surface area (TPSA) is 117 Å². The van der Waals surface area contributed by atoms with Crippen LogP contribution in [0.1, 0.15) is 30.7 Å². The number of allylic oxidation sites excluding steroid dienone is 1. The fourth-order valence-corrected chi connectivity index (χ4v) is 5.90. The molecule has 0 saturated heterocycles. The van der Waals surface area contributed by atoms with Crippen LogP contribution in [-0.4, -0.2) is 22.6 Å². The van der Waals surface area contributed by atoms with Crippen molar-refractivity contribution in [3.63, 3.8) is 0 Å². The first-order valence-corrected chi connectivity index (χ1v) is 13.2. The maximum absolute atomic E-state index is 13.7. The largest absolute Gasteiger partial charge is 0.466 e. The molecular weight excluding hydrogens is 574 g/mol. The first-order valence-electron chi connectivity index (χ1n) is 11.5. The van der Waals surface area contributed by atoms with Crippen LogP contribution in [0.4, 0.5) is 5.69 Å². The third kappa shape index (κ3) is 4.54. The molecule has 0 N–H and O–H groups in total. The molecule has 0 fully saturated rings. The van der Waals surface area contributed by atoms with Gasteiger partial charge in [0.2, 0.25) is 0 Å². The Morgan fingerprint density at radius 3 is 2.66 bits per heavy atom. The zero-order valence-electron chi connectivity index (χ0n) is 20.2. The summed E-state index contributed by atoms with van der Waals surface area (Å²) in [6, 6.07) is 16.5. The highest BCUT2D eigenvalue weighted by molar-refractivity contribution is 9.10. The second-order valence-corrected chi connectivity index (χ2v) is 10.2. The number of rotatable bonds is 6. The number of nitro groups is 1. The van der Waals surface area contributed by atoms with Crippen molar-refractivity contribution in [2.24, 2.45) is 4.99 Å². The van der Waals surface area contributed by atoms with Crippen molar-refractivity contribution in [3.8, 4) is 11.3 Å². The number of ether oxygens (including phenoxy) is 1. The number of non-ortho nitro benzene ring substituents is 1. The van der Waals surface area contributed by atoms with E-state index in [-0.39, 0.29) is 11.2 Å². The highest BCUT2D eigenvalue weighted by Gasteiger charge is 2.33. The fraction of sp³-hybridized carbons (Fsp3) is 0.148. The number of carbonyl (C=O) groups excluding carboxylic acids is 1. The second-order valence-electron chi connectivity index (χ2n) is 8.32. The minimum Gasteiger partial charge on any atom is -0.466 e. The Morgan fingerprint density at radius 1 is 1.24 bits per heavy atom. The van der Waals surface area contributed by atoms with E-state index in [0.29, 0.717) is 48.6 Å². The zero-order valence-corrected chi connectivity index (χ0v) is 22.6. The van der Waals surface area contributed by atoms with Crippen molar-refractivity contribution in [2.75, 3.05) is 7.11 Å². The molecule has 0 spiro atoms. The number of hydrogen-bond acceptors (Lipinski definition) is 8. The Balaban J connectivity index is 1.62. The van der Waals surface area contributed by atoms with Crippen LogP contribution in [0.2, 0.25) is 0 Å². The molecule has 2 aromatic carbocycles.